The van der Waals surface area contributed by atoms with Gasteiger partial charge in [0.25, 0.3) is 0 Å². The smallest absolute Gasteiger partial charge is 0.190 e. The van der Waals surface area contributed by atoms with Gasteiger partial charge in [0.05, 0.1) is 10.6 Å². The number of halogens is 2. The van der Waals surface area contributed by atoms with E-state index in [-0.39, 0.29) is 23.0 Å². The highest BCUT2D eigenvalue weighted by molar-refractivity contribution is 6.34. The predicted octanol–water partition coefficient (Wildman–Crippen LogP) is 3.48. The summed E-state index contributed by atoms with van der Waals surface area (Å²) in [4.78, 5) is 11.7. The van der Waals surface area contributed by atoms with Gasteiger partial charge in [0.1, 0.15) is 12.4 Å². The molecule has 1 aromatic rings. The van der Waals surface area contributed by atoms with Gasteiger partial charge in [-0.3, -0.25) is 4.79 Å². The predicted molar refractivity (Wildman–Crippen MR) is 61.4 cm³/mol. The third-order valence-electron chi connectivity index (χ3n) is 1.87. The summed E-state index contributed by atoms with van der Waals surface area (Å²) in [5.41, 5.74) is -0.249. The molecule has 16 heavy (non-hydrogen) atoms. The van der Waals surface area contributed by atoms with E-state index in [0.29, 0.717) is 0 Å². The average molecular weight is 245 g/mol. The maximum absolute atomic E-state index is 12.9. The van der Waals surface area contributed by atoms with Crippen LogP contribution in [0, 0.1) is 5.82 Å². The largest absolute Gasteiger partial charge is 0.368 e. The molecular weight excluding hydrogens is 231 g/mol. The third-order valence-corrected chi connectivity index (χ3v) is 2.19. The van der Waals surface area contributed by atoms with Gasteiger partial charge in [0.2, 0.25) is 0 Å². The molecule has 88 valence electrons. The molecule has 0 fully saturated rings. The zero-order valence-electron chi connectivity index (χ0n) is 9.51. The standard InChI is InChI=1S/C12H14ClFO2/c1-12(2,3)16-7-11(15)9-6-8(14)4-5-10(9)13/h4-6H,7H2,1-3H3. The van der Waals surface area contributed by atoms with Crippen molar-refractivity contribution in [3.63, 3.8) is 0 Å². The van der Waals surface area contributed by atoms with Crippen molar-refractivity contribution in [1.29, 1.82) is 0 Å². The van der Waals surface area contributed by atoms with Gasteiger partial charge >= 0.3 is 0 Å². The van der Waals surface area contributed by atoms with E-state index in [2.05, 4.69) is 0 Å². The minimum atomic E-state index is -0.483. The van der Waals surface area contributed by atoms with E-state index < -0.39 is 11.4 Å². The van der Waals surface area contributed by atoms with E-state index in [9.17, 15) is 9.18 Å². The fourth-order valence-electron chi connectivity index (χ4n) is 1.07. The van der Waals surface area contributed by atoms with Crippen LogP contribution >= 0.6 is 11.6 Å². The molecule has 0 bridgehead atoms. The first-order valence-corrected chi connectivity index (χ1v) is 5.29. The zero-order valence-corrected chi connectivity index (χ0v) is 10.3. The van der Waals surface area contributed by atoms with E-state index in [0.717, 1.165) is 6.07 Å². The van der Waals surface area contributed by atoms with E-state index in [1.807, 2.05) is 20.8 Å². The van der Waals surface area contributed by atoms with Crippen LogP contribution in [-0.2, 0) is 4.74 Å². The number of hydrogen-bond acceptors (Lipinski definition) is 2. The van der Waals surface area contributed by atoms with Crippen molar-refractivity contribution in [2.45, 2.75) is 26.4 Å². The molecule has 4 heteroatoms. The molecular formula is C12H14ClFO2. The summed E-state index contributed by atoms with van der Waals surface area (Å²) >= 11 is 5.80. The maximum Gasteiger partial charge on any atom is 0.190 e. The van der Waals surface area contributed by atoms with Crippen LogP contribution in [0.3, 0.4) is 0 Å². The van der Waals surface area contributed by atoms with Gasteiger partial charge < -0.3 is 4.74 Å². The fourth-order valence-corrected chi connectivity index (χ4v) is 1.29. The number of hydrogen-bond donors (Lipinski definition) is 0. The van der Waals surface area contributed by atoms with Crippen LogP contribution in [0.1, 0.15) is 31.1 Å². The molecule has 1 rings (SSSR count). The average Bonchev–Trinajstić information content (AvgIpc) is 2.17. The van der Waals surface area contributed by atoms with Gasteiger partial charge in [-0.1, -0.05) is 11.6 Å². The Morgan fingerprint density at radius 2 is 2.06 bits per heavy atom. The molecule has 0 aromatic heterocycles. The minimum absolute atomic E-state index is 0.104. The number of carbonyl (C=O) groups is 1. The zero-order chi connectivity index (χ0) is 12.3. The highest BCUT2D eigenvalue weighted by Crippen LogP contribution is 2.18. The summed E-state index contributed by atoms with van der Waals surface area (Å²) in [5.74, 6) is -0.803. The first-order chi connectivity index (χ1) is 7.29. The van der Waals surface area contributed by atoms with Crippen LogP contribution in [0.15, 0.2) is 18.2 Å². The Kier molecular flexibility index (Phi) is 4.05. The quantitative estimate of drug-likeness (QED) is 0.761. The topological polar surface area (TPSA) is 26.3 Å². The Morgan fingerprint density at radius 1 is 1.44 bits per heavy atom. The third kappa shape index (κ3) is 3.91. The monoisotopic (exact) mass is 244 g/mol. The first kappa shape index (κ1) is 13.1. The van der Waals surface area contributed by atoms with Crippen molar-refractivity contribution in [1.82, 2.24) is 0 Å². The van der Waals surface area contributed by atoms with Gasteiger partial charge in [-0.2, -0.15) is 0 Å². The fraction of sp³-hybridized carbons (Fsp3) is 0.417. The Hall–Kier alpha value is -0.930. The number of ether oxygens (including phenoxy) is 1. The molecule has 0 spiro atoms. The summed E-state index contributed by atoms with van der Waals surface area (Å²) in [7, 11) is 0. The molecule has 0 aliphatic heterocycles. The molecule has 0 unspecified atom stereocenters. The molecule has 0 amide bonds. The summed E-state index contributed by atoms with van der Waals surface area (Å²) < 4.78 is 18.2. The lowest BCUT2D eigenvalue weighted by molar-refractivity contribution is 0.00306. The normalized spacial score (nSPS) is 11.6. The van der Waals surface area contributed by atoms with E-state index >= 15 is 0 Å². The lowest BCUT2D eigenvalue weighted by atomic mass is 10.1. The van der Waals surface area contributed by atoms with Gasteiger partial charge in [-0.25, -0.2) is 4.39 Å². The number of rotatable bonds is 3. The molecule has 1 aromatic carbocycles. The summed E-state index contributed by atoms with van der Waals surface area (Å²) in [6.07, 6.45) is 0. The van der Waals surface area contributed by atoms with Crippen molar-refractivity contribution < 1.29 is 13.9 Å². The molecule has 0 N–H and O–H groups in total. The second-order valence-corrected chi connectivity index (χ2v) is 4.86. The Morgan fingerprint density at radius 3 is 2.62 bits per heavy atom. The lowest BCUT2D eigenvalue weighted by Gasteiger charge is -2.18. The summed E-state index contributed by atoms with van der Waals surface area (Å²) in [6.45, 7) is 5.42. The van der Waals surface area contributed by atoms with Crippen LogP contribution in [0.2, 0.25) is 5.02 Å². The van der Waals surface area contributed by atoms with Gasteiger partial charge in [0, 0.05) is 5.56 Å². The lowest BCUT2D eigenvalue weighted by Crippen LogP contribution is -2.23. The molecule has 0 atom stereocenters. The van der Waals surface area contributed by atoms with Crippen molar-refractivity contribution in [2.24, 2.45) is 0 Å². The molecule has 0 aliphatic rings. The van der Waals surface area contributed by atoms with Crippen LogP contribution in [0.5, 0.6) is 0 Å². The second-order valence-electron chi connectivity index (χ2n) is 4.45. The van der Waals surface area contributed by atoms with Crippen LogP contribution in [-0.4, -0.2) is 18.0 Å². The van der Waals surface area contributed by atoms with E-state index in [1.54, 1.807) is 0 Å². The summed E-state index contributed by atoms with van der Waals surface area (Å²) in [6, 6.07) is 3.70. The second kappa shape index (κ2) is 4.93. The molecule has 0 saturated carbocycles. The Balaban J connectivity index is 2.77. The number of ketones is 1. The SMILES string of the molecule is CC(C)(C)OCC(=O)c1cc(F)ccc1Cl. The molecule has 0 aliphatic carbocycles. The van der Waals surface area contributed by atoms with Crippen LogP contribution in [0.25, 0.3) is 0 Å². The van der Waals surface area contributed by atoms with Gasteiger partial charge in [-0.15, -0.1) is 0 Å². The Labute approximate surface area is 99.4 Å². The van der Waals surface area contributed by atoms with Crippen molar-refractivity contribution >= 4 is 17.4 Å². The van der Waals surface area contributed by atoms with Crippen molar-refractivity contribution in [3.8, 4) is 0 Å². The summed E-state index contributed by atoms with van der Waals surface area (Å²) in [5, 5.41) is 0.240. The van der Waals surface area contributed by atoms with Gasteiger partial charge in [0.15, 0.2) is 5.78 Å². The minimum Gasteiger partial charge on any atom is -0.368 e. The number of carbonyl (C=O) groups excluding carboxylic acids is 1. The molecule has 0 radical (unpaired) electrons. The van der Waals surface area contributed by atoms with Crippen LogP contribution < -0.4 is 0 Å². The number of Topliss-reactive ketones (excluding diaryl/α,β-unsaturated/α-hetero) is 1. The highest BCUT2D eigenvalue weighted by Gasteiger charge is 2.16. The van der Waals surface area contributed by atoms with E-state index in [4.69, 9.17) is 16.3 Å². The molecule has 2 nitrogen and oxygen atoms in total. The number of benzene rings is 1. The van der Waals surface area contributed by atoms with E-state index in [1.165, 1.54) is 12.1 Å². The van der Waals surface area contributed by atoms with Crippen LogP contribution in [0.4, 0.5) is 4.39 Å². The first-order valence-electron chi connectivity index (χ1n) is 4.92. The highest BCUT2D eigenvalue weighted by atomic mass is 35.5. The maximum atomic E-state index is 12.9. The molecule has 0 heterocycles. The Bertz CT molecular complexity index is 396. The van der Waals surface area contributed by atoms with Crippen molar-refractivity contribution in [2.75, 3.05) is 6.61 Å². The molecule has 0 saturated heterocycles. The van der Waals surface area contributed by atoms with Crippen molar-refractivity contribution in [3.05, 3.63) is 34.6 Å². The van der Waals surface area contributed by atoms with Gasteiger partial charge in [-0.05, 0) is 39.0 Å².